The summed E-state index contributed by atoms with van der Waals surface area (Å²) in [5.41, 5.74) is 8.85. The summed E-state index contributed by atoms with van der Waals surface area (Å²) in [6.45, 7) is 7.25. The third kappa shape index (κ3) is 2.36. The SMILES string of the molecule is Cc1cc2cc(C(C)C)cc(C(=O)O)c2n1CCN. The molecule has 1 heterocycles. The van der Waals surface area contributed by atoms with Crippen LogP contribution in [-0.4, -0.2) is 22.2 Å². The first-order valence-corrected chi connectivity index (χ1v) is 6.52. The van der Waals surface area contributed by atoms with E-state index < -0.39 is 5.97 Å². The van der Waals surface area contributed by atoms with E-state index in [0.717, 1.165) is 22.2 Å². The summed E-state index contributed by atoms with van der Waals surface area (Å²) in [5, 5.41) is 10.4. The highest BCUT2D eigenvalue weighted by Gasteiger charge is 2.17. The van der Waals surface area contributed by atoms with Crippen LogP contribution in [-0.2, 0) is 6.54 Å². The van der Waals surface area contributed by atoms with Crippen LogP contribution in [0.2, 0.25) is 0 Å². The van der Waals surface area contributed by atoms with Gasteiger partial charge in [-0.1, -0.05) is 13.8 Å². The van der Waals surface area contributed by atoms with Gasteiger partial charge < -0.3 is 15.4 Å². The van der Waals surface area contributed by atoms with Crippen molar-refractivity contribution in [1.82, 2.24) is 4.57 Å². The molecule has 0 aliphatic heterocycles. The monoisotopic (exact) mass is 260 g/mol. The molecular formula is C15H20N2O2. The van der Waals surface area contributed by atoms with Crippen LogP contribution in [0.4, 0.5) is 0 Å². The molecular weight excluding hydrogens is 240 g/mol. The molecule has 1 aromatic heterocycles. The second-order valence-corrected chi connectivity index (χ2v) is 5.19. The number of carbonyl (C=O) groups is 1. The first-order chi connectivity index (χ1) is 8.95. The van der Waals surface area contributed by atoms with Crippen molar-refractivity contribution in [2.45, 2.75) is 33.2 Å². The predicted molar refractivity (Wildman–Crippen MR) is 76.8 cm³/mol. The lowest BCUT2D eigenvalue weighted by Crippen LogP contribution is -2.12. The maximum Gasteiger partial charge on any atom is 0.337 e. The van der Waals surface area contributed by atoms with Gasteiger partial charge in [0.25, 0.3) is 0 Å². The fraction of sp³-hybridized carbons (Fsp3) is 0.400. The zero-order valence-electron chi connectivity index (χ0n) is 11.6. The minimum atomic E-state index is -0.885. The highest BCUT2D eigenvalue weighted by atomic mass is 16.4. The third-order valence-corrected chi connectivity index (χ3v) is 3.47. The van der Waals surface area contributed by atoms with E-state index in [2.05, 4.69) is 19.9 Å². The Morgan fingerprint density at radius 3 is 2.58 bits per heavy atom. The number of aromatic carboxylic acids is 1. The summed E-state index contributed by atoms with van der Waals surface area (Å²) in [7, 11) is 0. The number of rotatable bonds is 4. The Hall–Kier alpha value is -1.81. The van der Waals surface area contributed by atoms with E-state index in [0.29, 0.717) is 24.6 Å². The molecule has 0 spiro atoms. The smallest absolute Gasteiger partial charge is 0.337 e. The molecule has 0 atom stereocenters. The van der Waals surface area contributed by atoms with Gasteiger partial charge in [0.05, 0.1) is 11.1 Å². The molecule has 3 N–H and O–H groups in total. The van der Waals surface area contributed by atoms with E-state index in [1.54, 1.807) is 6.07 Å². The molecule has 0 saturated heterocycles. The summed E-state index contributed by atoms with van der Waals surface area (Å²) in [4.78, 5) is 11.5. The van der Waals surface area contributed by atoms with Gasteiger partial charge in [0, 0.05) is 24.2 Å². The van der Waals surface area contributed by atoms with Crippen molar-refractivity contribution in [3.05, 3.63) is 35.0 Å². The molecule has 4 heteroatoms. The summed E-state index contributed by atoms with van der Waals surface area (Å²) in [5.74, 6) is -0.579. The maximum absolute atomic E-state index is 11.5. The van der Waals surface area contributed by atoms with Crippen LogP contribution < -0.4 is 5.73 Å². The Labute approximate surface area is 112 Å². The average Bonchev–Trinajstić information content (AvgIpc) is 2.65. The molecule has 4 nitrogen and oxygen atoms in total. The number of benzene rings is 1. The molecule has 0 fully saturated rings. The van der Waals surface area contributed by atoms with Gasteiger partial charge in [-0.05, 0) is 36.6 Å². The Kier molecular flexibility index (Phi) is 3.62. The predicted octanol–water partition coefficient (Wildman–Crippen LogP) is 2.73. The quantitative estimate of drug-likeness (QED) is 0.888. The Balaban J connectivity index is 2.80. The Morgan fingerprint density at radius 2 is 2.05 bits per heavy atom. The Bertz CT molecular complexity index is 627. The van der Waals surface area contributed by atoms with Crippen molar-refractivity contribution < 1.29 is 9.90 Å². The average molecular weight is 260 g/mol. The van der Waals surface area contributed by atoms with Gasteiger partial charge in [0.1, 0.15) is 0 Å². The molecule has 102 valence electrons. The highest BCUT2D eigenvalue weighted by Crippen LogP contribution is 2.28. The summed E-state index contributed by atoms with van der Waals surface area (Å²) < 4.78 is 1.99. The lowest BCUT2D eigenvalue weighted by atomic mass is 9.98. The minimum absolute atomic E-state index is 0.306. The second-order valence-electron chi connectivity index (χ2n) is 5.19. The van der Waals surface area contributed by atoms with E-state index in [4.69, 9.17) is 5.73 Å². The molecule has 0 aliphatic rings. The standard InChI is InChI=1S/C15H20N2O2/c1-9(2)11-7-12-6-10(3)17(5-4-16)14(12)13(8-11)15(18)19/h6-9H,4-5,16H2,1-3H3,(H,18,19). The van der Waals surface area contributed by atoms with Crippen LogP contribution in [0.25, 0.3) is 10.9 Å². The molecule has 0 aliphatic carbocycles. The van der Waals surface area contributed by atoms with Gasteiger partial charge in [0.15, 0.2) is 0 Å². The van der Waals surface area contributed by atoms with Crippen LogP contribution in [0.5, 0.6) is 0 Å². The van der Waals surface area contributed by atoms with Gasteiger partial charge >= 0.3 is 5.97 Å². The van der Waals surface area contributed by atoms with Crippen molar-refractivity contribution in [1.29, 1.82) is 0 Å². The van der Waals surface area contributed by atoms with Crippen molar-refractivity contribution in [3.8, 4) is 0 Å². The number of fused-ring (bicyclic) bond motifs is 1. The van der Waals surface area contributed by atoms with E-state index in [9.17, 15) is 9.90 Å². The van der Waals surface area contributed by atoms with Crippen molar-refractivity contribution in [2.75, 3.05) is 6.54 Å². The number of aryl methyl sites for hydroxylation is 1. The second kappa shape index (κ2) is 5.05. The van der Waals surface area contributed by atoms with Crippen LogP contribution in [0.15, 0.2) is 18.2 Å². The van der Waals surface area contributed by atoms with Crippen molar-refractivity contribution in [3.63, 3.8) is 0 Å². The van der Waals surface area contributed by atoms with E-state index in [1.807, 2.05) is 17.6 Å². The van der Waals surface area contributed by atoms with Crippen molar-refractivity contribution in [2.24, 2.45) is 5.73 Å². The maximum atomic E-state index is 11.5. The molecule has 2 aromatic rings. The minimum Gasteiger partial charge on any atom is -0.478 e. The summed E-state index contributed by atoms with van der Waals surface area (Å²) in [6, 6.07) is 5.89. The van der Waals surface area contributed by atoms with Crippen LogP contribution in [0.3, 0.4) is 0 Å². The zero-order valence-corrected chi connectivity index (χ0v) is 11.6. The molecule has 0 radical (unpaired) electrons. The number of carboxylic acids is 1. The van der Waals surface area contributed by atoms with Gasteiger partial charge in [-0.15, -0.1) is 0 Å². The number of carboxylic acid groups (broad SMARTS) is 1. The number of nitrogens with zero attached hydrogens (tertiary/aromatic N) is 1. The zero-order chi connectivity index (χ0) is 14.2. The molecule has 1 aromatic carbocycles. The van der Waals surface area contributed by atoms with Gasteiger partial charge in [-0.2, -0.15) is 0 Å². The fourth-order valence-corrected chi connectivity index (χ4v) is 2.48. The number of nitrogens with two attached hydrogens (primary N) is 1. The molecule has 0 bridgehead atoms. The van der Waals surface area contributed by atoms with Gasteiger partial charge in [0.2, 0.25) is 0 Å². The first-order valence-electron chi connectivity index (χ1n) is 6.52. The molecule has 19 heavy (non-hydrogen) atoms. The van der Waals surface area contributed by atoms with Crippen molar-refractivity contribution >= 4 is 16.9 Å². The van der Waals surface area contributed by atoms with Crippen LogP contribution in [0.1, 0.15) is 41.4 Å². The molecule has 0 unspecified atom stereocenters. The van der Waals surface area contributed by atoms with Gasteiger partial charge in [-0.25, -0.2) is 4.79 Å². The largest absolute Gasteiger partial charge is 0.478 e. The van der Waals surface area contributed by atoms with E-state index in [1.165, 1.54) is 0 Å². The molecule has 0 amide bonds. The third-order valence-electron chi connectivity index (χ3n) is 3.47. The molecule has 2 rings (SSSR count). The lowest BCUT2D eigenvalue weighted by molar-refractivity contribution is 0.0698. The van der Waals surface area contributed by atoms with E-state index in [-0.39, 0.29) is 0 Å². The Morgan fingerprint density at radius 1 is 1.37 bits per heavy atom. The normalized spacial score (nSPS) is 11.4. The molecule has 0 saturated carbocycles. The fourth-order valence-electron chi connectivity index (χ4n) is 2.48. The van der Waals surface area contributed by atoms with Gasteiger partial charge in [-0.3, -0.25) is 0 Å². The van der Waals surface area contributed by atoms with Crippen LogP contribution in [0, 0.1) is 6.92 Å². The van der Waals surface area contributed by atoms with Crippen LogP contribution >= 0.6 is 0 Å². The number of aromatic nitrogens is 1. The first kappa shape index (κ1) is 13.6. The topological polar surface area (TPSA) is 68.2 Å². The van der Waals surface area contributed by atoms with E-state index >= 15 is 0 Å². The summed E-state index contributed by atoms with van der Waals surface area (Å²) in [6.07, 6.45) is 0. The number of hydrogen-bond donors (Lipinski definition) is 2. The highest BCUT2D eigenvalue weighted by molar-refractivity contribution is 6.03. The summed E-state index contributed by atoms with van der Waals surface area (Å²) >= 11 is 0. The lowest BCUT2D eigenvalue weighted by Gasteiger charge is -2.11. The number of hydrogen-bond acceptors (Lipinski definition) is 2.